The minimum Gasteiger partial charge on any atom is -0.482 e. The Labute approximate surface area is 245 Å². The van der Waals surface area contributed by atoms with Gasteiger partial charge in [0.1, 0.15) is 30.8 Å². The van der Waals surface area contributed by atoms with Gasteiger partial charge in [0, 0.05) is 26.2 Å². The Morgan fingerprint density at radius 1 is 1.12 bits per heavy atom. The molecule has 0 radical (unpaired) electrons. The molecule has 1 saturated carbocycles. The van der Waals surface area contributed by atoms with Crippen LogP contribution in [0, 0.1) is 5.92 Å². The maximum atomic E-state index is 13.0. The molecule has 2 N–H and O–H groups in total. The number of carbonyl (C=O) groups excluding carboxylic acids is 4. The third kappa shape index (κ3) is 7.44. The standard InChI is InChI=1S/C31H38N4O7/c1-19(33-27(36)18-40-2)29(22-9-7-21(8-10-22)20-5-6-20)42-25-11-12-26(32-15-25)30(38)34-24-4-3-13-35(16-24)31(39)23-14-28(37)41-17-23/h7-12,15,19-20,23-24,29H,3-6,13-14,16-18H2,1-2H3,(H,33,36)(H,34,38)/t19-,23+,24-,29-/m0/s1. The van der Waals surface area contributed by atoms with Crippen LogP contribution in [-0.2, 0) is 23.9 Å². The van der Waals surface area contributed by atoms with Gasteiger partial charge in [0.15, 0.2) is 0 Å². The molecular weight excluding hydrogens is 540 g/mol. The monoisotopic (exact) mass is 578 g/mol. The summed E-state index contributed by atoms with van der Waals surface area (Å²) >= 11 is 0. The summed E-state index contributed by atoms with van der Waals surface area (Å²) in [6.45, 7) is 2.91. The molecule has 4 atom stereocenters. The Morgan fingerprint density at radius 2 is 1.90 bits per heavy atom. The van der Waals surface area contributed by atoms with Gasteiger partial charge in [0.05, 0.1) is 24.6 Å². The van der Waals surface area contributed by atoms with Crippen molar-refractivity contribution in [2.75, 3.05) is 33.4 Å². The molecule has 2 saturated heterocycles. The number of nitrogens with one attached hydrogen (secondary N) is 2. The van der Waals surface area contributed by atoms with E-state index in [0.29, 0.717) is 24.8 Å². The van der Waals surface area contributed by atoms with E-state index < -0.39 is 12.0 Å². The maximum Gasteiger partial charge on any atom is 0.306 e. The minimum absolute atomic E-state index is 0.0510. The largest absolute Gasteiger partial charge is 0.482 e. The molecule has 3 heterocycles. The average Bonchev–Trinajstić information content (AvgIpc) is 3.75. The van der Waals surface area contributed by atoms with Gasteiger partial charge >= 0.3 is 5.97 Å². The summed E-state index contributed by atoms with van der Waals surface area (Å²) in [4.78, 5) is 55.4. The quantitative estimate of drug-likeness (QED) is 0.388. The van der Waals surface area contributed by atoms with E-state index in [1.165, 1.54) is 31.7 Å². The van der Waals surface area contributed by atoms with E-state index >= 15 is 0 Å². The van der Waals surface area contributed by atoms with Crippen LogP contribution >= 0.6 is 0 Å². The molecule has 11 heteroatoms. The molecule has 0 spiro atoms. The fourth-order valence-corrected chi connectivity index (χ4v) is 5.55. The summed E-state index contributed by atoms with van der Waals surface area (Å²) in [5, 5.41) is 5.91. The molecule has 0 unspecified atom stereocenters. The van der Waals surface area contributed by atoms with Gasteiger partial charge in [-0.1, -0.05) is 24.3 Å². The zero-order valence-electron chi connectivity index (χ0n) is 24.0. The minimum atomic E-state index is -0.494. The number of likely N-dealkylation sites (tertiary alicyclic amines) is 1. The van der Waals surface area contributed by atoms with Gasteiger partial charge in [-0.05, 0) is 61.8 Å². The Hall–Kier alpha value is -3.99. The predicted molar refractivity (Wildman–Crippen MR) is 152 cm³/mol. The number of rotatable bonds is 11. The molecule has 2 aliphatic heterocycles. The number of piperidine rings is 1. The Kier molecular flexibility index (Phi) is 9.36. The number of carbonyl (C=O) groups is 4. The molecule has 11 nitrogen and oxygen atoms in total. The zero-order valence-corrected chi connectivity index (χ0v) is 24.0. The first-order chi connectivity index (χ1) is 20.3. The molecule has 42 heavy (non-hydrogen) atoms. The number of hydrogen-bond donors (Lipinski definition) is 2. The van der Waals surface area contributed by atoms with Crippen LogP contribution in [0.2, 0.25) is 0 Å². The molecule has 5 rings (SSSR count). The van der Waals surface area contributed by atoms with Crippen molar-refractivity contribution in [1.82, 2.24) is 20.5 Å². The Morgan fingerprint density at radius 3 is 2.55 bits per heavy atom. The van der Waals surface area contributed by atoms with Crippen LogP contribution < -0.4 is 15.4 Å². The third-order valence-electron chi connectivity index (χ3n) is 7.94. The lowest BCUT2D eigenvalue weighted by Crippen LogP contribution is -2.51. The van der Waals surface area contributed by atoms with Crippen molar-refractivity contribution in [3.8, 4) is 5.75 Å². The van der Waals surface area contributed by atoms with Crippen LogP contribution in [0.3, 0.4) is 0 Å². The van der Waals surface area contributed by atoms with Gasteiger partial charge < -0.3 is 29.7 Å². The van der Waals surface area contributed by atoms with Crippen molar-refractivity contribution in [3.05, 3.63) is 59.4 Å². The molecule has 224 valence electrons. The molecule has 1 aromatic carbocycles. The number of nitrogens with zero attached hydrogens (tertiary/aromatic N) is 2. The van der Waals surface area contributed by atoms with Crippen LogP contribution in [0.1, 0.15) is 72.7 Å². The lowest BCUT2D eigenvalue weighted by atomic mass is 10.00. The van der Waals surface area contributed by atoms with Crippen molar-refractivity contribution in [2.45, 2.75) is 63.1 Å². The lowest BCUT2D eigenvalue weighted by molar-refractivity contribution is -0.138. The first-order valence-electron chi connectivity index (χ1n) is 14.6. The van der Waals surface area contributed by atoms with E-state index in [1.807, 2.05) is 19.1 Å². The van der Waals surface area contributed by atoms with Crippen LogP contribution in [0.5, 0.6) is 5.75 Å². The smallest absolute Gasteiger partial charge is 0.306 e. The molecule has 2 aromatic rings. The first kappa shape index (κ1) is 29.5. The van der Waals surface area contributed by atoms with E-state index in [4.69, 9.17) is 14.2 Å². The third-order valence-corrected chi connectivity index (χ3v) is 7.94. The summed E-state index contributed by atoms with van der Waals surface area (Å²) in [5.74, 6) is -0.403. The topological polar surface area (TPSA) is 136 Å². The van der Waals surface area contributed by atoms with Crippen molar-refractivity contribution < 1.29 is 33.4 Å². The Bertz CT molecular complexity index is 1280. The molecule has 3 amide bonds. The number of aromatic nitrogens is 1. The molecule has 3 fully saturated rings. The number of amides is 3. The van der Waals surface area contributed by atoms with Crippen LogP contribution in [0.15, 0.2) is 42.6 Å². The number of pyridine rings is 1. The highest BCUT2D eigenvalue weighted by Gasteiger charge is 2.35. The summed E-state index contributed by atoms with van der Waals surface area (Å²) < 4.78 is 16.2. The Balaban J connectivity index is 1.20. The summed E-state index contributed by atoms with van der Waals surface area (Å²) in [5.41, 5.74) is 2.45. The molecule has 1 aromatic heterocycles. The van der Waals surface area contributed by atoms with Gasteiger partial charge in [-0.25, -0.2) is 4.98 Å². The normalized spacial score (nSPS) is 21.7. The molecule has 0 bridgehead atoms. The highest BCUT2D eigenvalue weighted by molar-refractivity contribution is 5.92. The summed E-state index contributed by atoms with van der Waals surface area (Å²) in [6, 6.07) is 11.0. The van der Waals surface area contributed by atoms with Crippen molar-refractivity contribution in [3.63, 3.8) is 0 Å². The van der Waals surface area contributed by atoms with E-state index in [-0.39, 0.29) is 61.1 Å². The van der Waals surface area contributed by atoms with Crippen LogP contribution in [0.25, 0.3) is 0 Å². The van der Waals surface area contributed by atoms with Gasteiger partial charge in [-0.3, -0.25) is 19.2 Å². The number of esters is 1. The fraction of sp³-hybridized carbons (Fsp3) is 0.516. The van der Waals surface area contributed by atoms with Crippen molar-refractivity contribution in [1.29, 1.82) is 0 Å². The van der Waals surface area contributed by atoms with Gasteiger partial charge in [0.25, 0.3) is 5.91 Å². The molecule has 1 aliphatic carbocycles. The van der Waals surface area contributed by atoms with Gasteiger partial charge in [-0.2, -0.15) is 0 Å². The second-order valence-electron chi connectivity index (χ2n) is 11.3. The summed E-state index contributed by atoms with van der Waals surface area (Å²) in [6.07, 6.45) is 5.03. The molecule has 3 aliphatic rings. The fourth-order valence-electron chi connectivity index (χ4n) is 5.55. The lowest BCUT2D eigenvalue weighted by Gasteiger charge is -2.34. The number of benzene rings is 1. The number of cyclic esters (lactones) is 1. The first-order valence-corrected chi connectivity index (χ1v) is 14.6. The van der Waals surface area contributed by atoms with E-state index in [2.05, 4.69) is 27.8 Å². The zero-order chi connectivity index (χ0) is 29.6. The van der Waals surface area contributed by atoms with E-state index in [9.17, 15) is 19.2 Å². The summed E-state index contributed by atoms with van der Waals surface area (Å²) in [7, 11) is 1.47. The van der Waals surface area contributed by atoms with Gasteiger partial charge in [0.2, 0.25) is 11.8 Å². The SMILES string of the molecule is COCC(=O)N[C@@H](C)[C@H](Oc1ccc(C(=O)N[C@H]2CCCN(C(=O)[C@H]3COC(=O)C3)C2)nc1)c1ccc(C2CC2)cc1. The van der Waals surface area contributed by atoms with Gasteiger partial charge in [-0.15, -0.1) is 0 Å². The predicted octanol–water partition coefficient (Wildman–Crippen LogP) is 2.51. The highest BCUT2D eigenvalue weighted by atomic mass is 16.5. The maximum absolute atomic E-state index is 13.0. The second-order valence-corrected chi connectivity index (χ2v) is 11.3. The molecular formula is C31H38N4O7. The van der Waals surface area contributed by atoms with Crippen LogP contribution in [-0.4, -0.2) is 79.1 Å². The van der Waals surface area contributed by atoms with E-state index in [1.54, 1.807) is 17.0 Å². The number of ether oxygens (including phenoxy) is 3. The van der Waals surface area contributed by atoms with Crippen molar-refractivity contribution >= 4 is 23.7 Å². The second kappa shape index (κ2) is 13.3. The average molecular weight is 579 g/mol. The number of methoxy groups -OCH3 is 1. The van der Waals surface area contributed by atoms with E-state index in [0.717, 1.165) is 18.4 Å². The highest BCUT2D eigenvalue weighted by Crippen LogP contribution is 2.40. The number of hydrogen-bond acceptors (Lipinski definition) is 8. The van der Waals surface area contributed by atoms with Crippen molar-refractivity contribution in [2.24, 2.45) is 5.92 Å². The van der Waals surface area contributed by atoms with Crippen LogP contribution in [0.4, 0.5) is 0 Å².